The number of hydrogen-bond acceptors (Lipinski definition) is 6. The predicted octanol–water partition coefficient (Wildman–Crippen LogP) is 4.12. The summed E-state index contributed by atoms with van der Waals surface area (Å²) in [6.07, 6.45) is 4.62. The Kier molecular flexibility index (Phi) is 5.57. The quantitative estimate of drug-likeness (QED) is 0.526. The lowest BCUT2D eigenvalue weighted by Gasteiger charge is -2.14. The lowest BCUT2D eigenvalue weighted by molar-refractivity contribution is -0.137. The molecule has 138 valence electrons. The Morgan fingerprint density at radius 3 is 2.85 bits per heavy atom. The molecule has 0 aliphatic heterocycles. The molecule has 2 N–H and O–H groups in total. The number of rotatable bonds is 5. The summed E-state index contributed by atoms with van der Waals surface area (Å²) in [5.74, 6) is 0.181. The number of hydrogen-bond donors (Lipinski definition) is 1. The van der Waals surface area contributed by atoms with Crippen LogP contribution in [0.15, 0.2) is 42.6 Å². The van der Waals surface area contributed by atoms with Gasteiger partial charge in [0.15, 0.2) is 5.75 Å². The highest BCUT2D eigenvalue weighted by Crippen LogP contribution is 2.37. The van der Waals surface area contributed by atoms with Crippen LogP contribution in [0.3, 0.4) is 0 Å². The Labute approximate surface area is 161 Å². The third-order valence-electron chi connectivity index (χ3n) is 3.90. The molecule has 7 heteroatoms. The number of nitrogens with two attached hydrogens (primary N) is 1. The largest absolute Gasteiger partial charge is 0.494 e. The number of nitrogen functional groups attached to an aromatic ring is 1. The highest BCUT2D eigenvalue weighted by Gasteiger charge is 2.15. The van der Waals surface area contributed by atoms with Crippen LogP contribution < -0.4 is 10.5 Å². The Balaban J connectivity index is 2.27. The summed E-state index contributed by atoms with van der Waals surface area (Å²) < 4.78 is 10.5. The molecule has 0 bridgehead atoms. The monoisotopic (exact) mass is 383 g/mol. The molecule has 27 heavy (non-hydrogen) atoms. The van der Waals surface area contributed by atoms with Crippen molar-refractivity contribution in [1.29, 1.82) is 0 Å². The Morgan fingerprint density at radius 1 is 1.33 bits per heavy atom. The van der Waals surface area contributed by atoms with E-state index in [0.717, 1.165) is 16.5 Å². The van der Waals surface area contributed by atoms with Crippen molar-refractivity contribution in [2.45, 2.75) is 6.92 Å². The molecule has 0 radical (unpaired) electrons. The minimum absolute atomic E-state index is 0.129. The molecule has 6 nitrogen and oxygen atoms in total. The van der Waals surface area contributed by atoms with Gasteiger partial charge in [-0.3, -0.25) is 0 Å². The van der Waals surface area contributed by atoms with Gasteiger partial charge in [0.2, 0.25) is 5.95 Å². The molecule has 1 heterocycles. The van der Waals surface area contributed by atoms with Crippen LogP contribution in [0.4, 0.5) is 5.95 Å². The number of halogens is 1. The van der Waals surface area contributed by atoms with Crippen molar-refractivity contribution in [3.05, 3.63) is 53.2 Å². The second-order valence-electron chi connectivity index (χ2n) is 5.63. The zero-order valence-electron chi connectivity index (χ0n) is 14.9. The van der Waals surface area contributed by atoms with E-state index in [1.165, 1.54) is 13.2 Å². The number of carbonyl (C=O) groups is 1. The van der Waals surface area contributed by atoms with E-state index in [4.69, 9.17) is 26.8 Å². The number of fused-ring (bicyclic) bond motifs is 1. The van der Waals surface area contributed by atoms with Crippen LogP contribution in [-0.2, 0) is 9.53 Å². The summed E-state index contributed by atoms with van der Waals surface area (Å²) in [5, 5.41) is 1.37. The molecule has 0 amide bonds. The van der Waals surface area contributed by atoms with Gasteiger partial charge in [-0.15, -0.1) is 0 Å². The number of anilines is 1. The van der Waals surface area contributed by atoms with Crippen molar-refractivity contribution in [1.82, 2.24) is 9.97 Å². The zero-order chi connectivity index (χ0) is 19.4. The van der Waals surface area contributed by atoms with Crippen LogP contribution in [0, 0.1) is 0 Å². The summed E-state index contributed by atoms with van der Waals surface area (Å²) >= 11 is 6.16. The minimum atomic E-state index is -0.439. The maximum Gasteiger partial charge on any atom is 0.330 e. The standard InChI is InChI=1S/C20H18ClN3O3/c1-3-27-17(25)8-7-13-10-15(12-5-4-6-14(21)9-12)16-11-23-20(22)24-18(16)19(13)26-2/h4-11H,3H2,1-2H3,(H2,22,23,24). The fraction of sp³-hybridized carbons (Fsp3) is 0.150. The lowest BCUT2D eigenvalue weighted by atomic mass is 9.97. The van der Waals surface area contributed by atoms with E-state index in [1.807, 2.05) is 24.3 Å². The third kappa shape index (κ3) is 4.01. The van der Waals surface area contributed by atoms with E-state index in [2.05, 4.69) is 9.97 Å². The second-order valence-corrected chi connectivity index (χ2v) is 6.07. The number of carbonyl (C=O) groups excluding carboxylic acids is 1. The first-order chi connectivity index (χ1) is 13.0. The molecule has 0 atom stereocenters. The zero-order valence-corrected chi connectivity index (χ0v) is 15.7. The summed E-state index contributed by atoms with van der Waals surface area (Å²) in [7, 11) is 1.54. The van der Waals surface area contributed by atoms with Crippen LogP contribution in [0.25, 0.3) is 28.1 Å². The van der Waals surface area contributed by atoms with Crippen molar-refractivity contribution in [2.24, 2.45) is 0 Å². The van der Waals surface area contributed by atoms with Crippen LogP contribution in [-0.4, -0.2) is 29.7 Å². The number of benzene rings is 2. The van der Waals surface area contributed by atoms with Gasteiger partial charge >= 0.3 is 5.97 Å². The van der Waals surface area contributed by atoms with Gasteiger partial charge in [-0.25, -0.2) is 14.8 Å². The van der Waals surface area contributed by atoms with Crippen molar-refractivity contribution in [2.75, 3.05) is 19.5 Å². The molecular weight excluding hydrogens is 366 g/mol. The van der Waals surface area contributed by atoms with E-state index < -0.39 is 5.97 Å². The third-order valence-corrected chi connectivity index (χ3v) is 4.14. The second kappa shape index (κ2) is 8.05. The predicted molar refractivity (Wildman–Crippen MR) is 107 cm³/mol. The van der Waals surface area contributed by atoms with Gasteiger partial charge < -0.3 is 15.2 Å². The Bertz CT molecular complexity index is 1030. The first kappa shape index (κ1) is 18.7. The summed E-state index contributed by atoms with van der Waals surface area (Å²) in [5.41, 5.74) is 8.71. The molecule has 0 saturated heterocycles. The summed E-state index contributed by atoms with van der Waals surface area (Å²) in [6.45, 7) is 2.05. The highest BCUT2D eigenvalue weighted by atomic mass is 35.5. The summed E-state index contributed by atoms with van der Waals surface area (Å²) in [4.78, 5) is 20.2. The van der Waals surface area contributed by atoms with Gasteiger partial charge in [0, 0.05) is 28.2 Å². The number of nitrogens with zero attached hydrogens (tertiary/aromatic N) is 2. The fourth-order valence-electron chi connectivity index (χ4n) is 2.78. The molecule has 3 rings (SSSR count). The molecule has 0 unspecified atom stereocenters. The van der Waals surface area contributed by atoms with Crippen LogP contribution in [0.5, 0.6) is 5.75 Å². The molecular formula is C20H18ClN3O3. The Hall–Kier alpha value is -3.12. The SMILES string of the molecule is CCOC(=O)C=Cc1cc(-c2cccc(Cl)c2)c2cnc(N)nc2c1OC. The van der Waals surface area contributed by atoms with Crippen LogP contribution in [0.1, 0.15) is 12.5 Å². The van der Waals surface area contributed by atoms with Gasteiger partial charge in [0.25, 0.3) is 0 Å². The maximum absolute atomic E-state index is 11.7. The molecule has 0 aliphatic rings. The van der Waals surface area contributed by atoms with Gasteiger partial charge in [-0.05, 0) is 42.3 Å². The van der Waals surface area contributed by atoms with Crippen molar-refractivity contribution in [3.63, 3.8) is 0 Å². The van der Waals surface area contributed by atoms with Gasteiger partial charge in [0.1, 0.15) is 5.52 Å². The molecule has 0 saturated carbocycles. The molecule has 1 aromatic heterocycles. The maximum atomic E-state index is 11.7. The Morgan fingerprint density at radius 2 is 2.15 bits per heavy atom. The van der Waals surface area contributed by atoms with E-state index in [0.29, 0.717) is 28.5 Å². The van der Waals surface area contributed by atoms with Crippen molar-refractivity contribution >= 4 is 40.5 Å². The molecule has 2 aromatic carbocycles. The smallest absolute Gasteiger partial charge is 0.330 e. The topological polar surface area (TPSA) is 87.3 Å². The minimum Gasteiger partial charge on any atom is -0.494 e. The van der Waals surface area contributed by atoms with Crippen molar-refractivity contribution < 1.29 is 14.3 Å². The van der Waals surface area contributed by atoms with Gasteiger partial charge in [0.05, 0.1) is 13.7 Å². The number of aromatic nitrogens is 2. The average Bonchev–Trinajstić information content (AvgIpc) is 2.65. The van der Waals surface area contributed by atoms with Gasteiger partial charge in [-0.1, -0.05) is 23.7 Å². The first-order valence-electron chi connectivity index (χ1n) is 8.27. The number of ether oxygens (including phenoxy) is 2. The molecule has 0 fully saturated rings. The molecule has 0 aliphatic carbocycles. The van der Waals surface area contributed by atoms with E-state index >= 15 is 0 Å². The molecule has 3 aromatic rings. The fourth-order valence-corrected chi connectivity index (χ4v) is 2.97. The van der Waals surface area contributed by atoms with E-state index in [9.17, 15) is 4.79 Å². The molecule has 0 spiro atoms. The lowest BCUT2D eigenvalue weighted by Crippen LogP contribution is -2.00. The average molecular weight is 384 g/mol. The number of methoxy groups -OCH3 is 1. The normalized spacial score (nSPS) is 11.1. The number of esters is 1. The first-order valence-corrected chi connectivity index (χ1v) is 8.65. The van der Waals surface area contributed by atoms with Crippen LogP contribution >= 0.6 is 11.6 Å². The van der Waals surface area contributed by atoms with Crippen molar-refractivity contribution in [3.8, 4) is 16.9 Å². The van der Waals surface area contributed by atoms with E-state index in [-0.39, 0.29) is 5.95 Å². The van der Waals surface area contributed by atoms with E-state index in [1.54, 1.807) is 25.3 Å². The highest BCUT2D eigenvalue weighted by molar-refractivity contribution is 6.31. The summed E-state index contributed by atoms with van der Waals surface area (Å²) in [6, 6.07) is 9.33. The van der Waals surface area contributed by atoms with Crippen LogP contribution in [0.2, 0.25) is 5.02 Å². The van der Waals surface area contributed by atoms with Gasteiger partial charge in [-0.2, -0.15) is 0 Å².